The van der Waals surface area contributed by atoms with E-state index in [1.807, 2.05) is 6.07 Å². The van der Waals surface area contributed by atoms with Crippen molar-refractivity contribution in [2.24, 2.45) is 0 Å². The summed E-state index contributed by atoms with van der Waals surface area (Å²) in [5, 5.41) is 6.70. The number of rotatable bonds is 8. The molecule has 15 aromatic carbocycles. The molecule has 4 aromatic heterocycles. The summed E-state index contributed by atoms with van der Waals surface area (Å²) in [6.07, 6.45) is 0. The molecule has 0 fully saturated rings. The number of fused-ring (bicyclic) bond motifs is 26. The monoisotopic (exact) mass is 1350 g/mol. The Morgan fingerprint density at radius 3 is 1.37 bits per heavy atom. The number of hydrogen-bond acceptors (Lipinski definition) is 6. The molecule has 0 N–H and O–H groups in total. The van der Waals surface area contributed by atoms with Crippen molar-refractivity contribution in [2.45, 2.75) is 10.8 Å². The summed E-state index contributed by atoms with van der Waals surface area (Å²) in [5.41, 5.74) is 30.7. The molecular weight excluding hydrogens is 1290 g/mol. The van der Waals surface area contributed by atoms with Crippen LogP contribution >= 0.6 is 0 Å². The third kappa shape index (κ3) is 8.04. The molecule has 19 aromatic rings. The summed E-state index contributed by atoms with van der Waals surface area (Å²) in [7, 11) is 0. The maximum absolute atomic E-state index is 7.41. The Balaban J connectivity index is 0.691. The van der Waals surface area contributed by atoms with E-state index in [9.17, 15) is 0 Å². The lowest BCUT2D eigenvalue weighted by atomic mass is 9.69. The first-order valence-electron chi connectivity index (χ1n) is 36.3. The second-order valence-electron chi connectivity index (χ2n) is 28.4. The van der Waals surface area contributed by atoms with E-state index >= 15 is 0 Å². The molecule has 2 atom stereocenters. The van der Waals surface area contributed by atoms with Gasteiger partial charge in [0.05, 0.1) is 33.6 Å². The normalized spacial score (nSPS) is 15.2. The minimum absolute atomic E-state index is 0.569. The molecule has 4 heterocycles. The first-order chi connectivity index (χ1) is 52.6. The Kier molecular flexibility index (Phi) is 12.3. The highest BCUT2D eigenvalue weighted by molar-refractivity contribution is 6.12. The molecule has 106 heavy (non-hydrogen) atoms. The van der Waals surface area contributed by atoms with Gasteiger partial charge in [-0.1, -0.05) is 322 Å². The van der Waals surface area contributed by atoms with Crippen molar-refractivity contribution in [3.8, 4) is 135 Å². The maximum atomic E-state index is 7.41. The van der Waals surface area contributed by atoms with Crippen LogP contribution in [-0.4, -0.2) is 19.9 Å². The zero-order valence-electron chi connectivity index (χ0n) is 57.1. The third-order valence-electron chi connectivity index (χ3n) is 23.2. The number of benzene rings is 15. The van der Waals surface area contributed by atoms with Crippen LogP contribution in [0.3, 0.4) is 0 Å². The molecule has 23 rings (SSSR count). The standard InChI is InChI=1S/C100H58N4O2/c1-3-27-60(28-4-1)85-57-86(104-98(101-85)72-35-10-9-33-64(72)62-54-55-82-78(56-62)68-34-11-16-47-79(68)99(82)81-49-18-13-37-74(81)95-93(99)76-38-14-19-52-89(76)105-95)70-44-23-40-65-66(70)41-22-42-67(65)71-45-24-51-84-92(71)96-94(77-39-15-20-53-90(77)106-96)100(84)80-48-17-12-36-73(80)91-75(46-25-50-83(91)100)88-58-87(102-97(103-88)61-29-5-2-6-30-61)69-43-21-31-59-26-7-8-32-63(59)69/h1-58H. The lowest BCUT2D eigenvalue weighted by molar-refractivity contribution is 0.628. The maximum Gasteiger partial charge on any atom is 0.161 e. The predicted molar refractivity (Wildman–Crippen MR) is 428 cm³/mol. The molecule has 6 heteroatoms. The van der Waals surface area contributed by atoms with Gasteiger partial charge in [0.2, 0.25) is 0 Å². The van der Waals surface area contributed by atoms with Crippen LogP contribution in [0.25, 0.3) is 178 Å². The van der Waals surface area contributed by atoms with Crippen LogP contribution in [0.1, 0.15) is 44.5 Å². The highest BCUT2D eigenvalue weighted by Gasteiger charge is 2.57. The first-order valence-corrected chi connectivity index (χ1v) is 36.3. The largest absolute Gasteiger partial charge is 0.456 e. The molecular formula is C100H58N4O2. The van der Waals surface area contributed by atoms with E-state index in [1.54, 1.807) is 0 Å². The van der Waals surface area contributed by atoms with Gasteiger partial charge in [0.25, 0.3) is 0 Å². The smallest absolute Gasteiger partial charge is 0.161 e. The number of furan rings is 2. The Labute approximate surface area is 610 Å². The number of hydrogen-bond donors (Lipinski definition) is 0. The zero-order valence-corrected chi connectivity index (χ0v) is 57.1. The molecule has 2 unspecified atom stereocenters. The van der Waals surface area contributed by atoms with Gasteiger partial charge in [0, 0.05) is 66.4 Å². The summed E-state index contributed by atoms with van der Waals surface area (Å²) in [6.45, 7) is 0. The quantitative estimate of drug-likeness (QED) is 0.151. The van der Waals surface area contributed by atoms with E-state index in [-0.39, 0.29) is 0 Å². The van der Waals surface area contributed by atoms with Crippen LogP contribution in [0.4, 0.5) is 0 Å². The third-order valence-corrected chi connectivity index (χ3v) is 23.2. The zero-order chi connectivity index (χ0) is 69.3. The minimum atomic E-state index is -0.783. The molecule has 0 radical (unpaired) electrons. The molecule has 490 valence electrons. The first kappa shape index (κ1) is 58.7. The molecule has 0 aliphatic heterocycles. The Morgan fingerprint density at radius 1 is 0.208 bits per heavy atom. The Hall–Kier alpha value is -13.9. The number of nitrogens with zero attached hydrogens (tertiary/aromatic N) is 4. The highest BCUT2D eigenvalue weighted by Crippen LogP contribution is 2.69. The molecule has 4 aliphatic rings. The van der Waals surface area contributed by atoms with Crippen LogP contribution in [0.5, 0.6) is 0 Å². The Bertz CT molecular complexity index is 6980. The van der Waals surface area contributed by atoms with Gasteiger partial charge in [0.15, 0.2) is 11.6 Å². The van der Waals surface area contributed by atoms with E-state index in [0.29, 0.717) is 11.6 Å². The van der Waals surface area contributed by atoms with E-state index in [2.05, 4.69) is 346 Å². The average molecular weight is 1350 g/mol. The predicted octanol–water partition coefficient (Wildman–Crippen LogP) is 25.1. The molecule has 0 bridgehead atoms. The summed E-state index contributed by atoms with van der Waals surface area (Å²) in [4.78, 5) is 22.2. The van der Waals surface area contributed by atoms with Gasteiger partial charge in [-0.15, -0.1) is 0 Å². The second kappa shape index (κ2) is 22.3. The van der Waals surface area contributed by atoms with Crippen molar-refractivity contribution in [3.05, 3.63) is 396 Å². The topological polar surface area (TPSA) is 77.8 Å². The summed E-state index contributed by atoms with van der Waals surface area (Å²) in [6, 6.07) is 127. The molecule has 0 saturated heterocycles. The SMILES string of the molecule is c1ccc(-c2cc(-c3cccc4c(-c5cccc6c5-c5oc7ccccc7c5C65c6ccccc6-c6c(-c7cc(-c8cccc9ccccc89)nc(-c8ccccc8)n7)cccc65)cccc34)nc(-c3ccccc3-c3ccc4c(c3)-c3ccccc3C43c4ccccc4-c4oc5ccccc5c43)n2)cc1. The van der Waals surface area contributed by atoms with Gasteiger partial charge in [-0.05, 0) is 130 Å². The molecule has 6 nitrogen and oxygen atoms in total. The van der Waals surface area contributed by atoms with Gasteiger partial charge < -0.3 is 8.83 Å². The fourth-order valence-electron chi connectivity index (χ4n) is 19.0. The lowest BCUT2D eigenvalue weighted by Crippen LogP contribution is -2.25. The second-order valence-corrected chi connectivity index (χ2v) is 28.4. The lowest BCUT2D eigenvalue weighted by Gasteiger charge is -2.30. The number of para-hydroxylation sites is 2. The summed E-state index contributed by atoms with van der Waals surface area (Å²) < 4.78 is 14.2. The fourth-order valence-corrected chi connectivity index (χ4v) is 19.0. The minimum Gasteiger partial charge on any atom is -0.456 e. The van der Waals surface area contributed by atoms with Crippen LogP contribution in [0.15, 0.2) is 361 Å². The van der Waals surface area contributed by atoms with Crippen molar-refractivity contribution in [3.63, 3.8) is 0 Å². The van der Waals surface area contributed by atoms with Gasteiger partial charge in [0.1, 0.15) is 22.7 Å². The van der Waals surface area contributed by atoms with Crippen molar-refractivity contribution in [2.75, 3.05) is 0 Å². The van der Waals surface area contributed by atoms with Crippen LogP contribution in [-0.2, 0) is 10.8 Å². The van der Waals surface area contributed by atoms with Crippen molar-refractivity contribution in [1.29, 1.82) is 0 Å². The van der Waals surface area contributed by atoms with Gasteiger partial charge >= 0.3 is 0 Å². The molecule has 2 spiro atoms. The van der Waals surface area contributed by atoms with Gasteiger partial charge in [-0.2, -0.15) is 0 Å². The van der Waals surface area contributed by atoms with E-state index in [0.717, 1.165) is 161 Å². The molecule has 0 amide bonds. The summed E-state index contributed by atoms with van der Waals surface area (Å²) in [5.74, 6) is 3.14. The van der Waals surface area contributed by atoms with Crippen molar-refractivity contribution >= 4 is 43.5 Å². The van der Waals surface area contributed by atoms with Gasteiger partial charge in [-0.25, -0.2) is 19.9 Å². The Morgan fingerprint density at radius 2 is 0.632 bits per heavy atom. The highest BCUT2D eigenvalue weighted by atomic mass is 16.3. The van der Waals surface area contributed by atoms with E-state index in [1.165, 1.54) is 50.1 Å². The average Bonchev–Trinajstić information content (AvgIpc) is 1.51. The van der Waals surface area contributed by atoms with Crippen molar-refractivity contribution < 1.29 is 8.83 Å². The molecule has 0 saturated carbocycles. The van der Waals surface area contributed by atoms with Gasteiger partial charge in [-0.3, -0.25) is 0 Å². The fraction of sp³-hybridized carbons (Fsp3) is 0.0200. The molecule has 4 aliphatic carbocycles. The van der Waals surface area contributed by atoms with Crippen LogP contribution < -0.4 is 0 Å². The van der Waals surface area contributed by atoms with Crippen LogP contribution in [0.2, 0.25) is 0 Å². The number of aromatic nitrogens is 4. The van der Waals surface area contributed by atoms with E-state index < -0.39 is 10.8 Å². The van der Waals surface area contributed by atoms with Crippen molar-refractivity contribution in [1.82, 2.24) is 19.9 Å². The van der Waals surface area contributed by atoms with Crippen LogP contribution in [0, 0.1) is 0 Å². The summed E-state index contributed by atoms with van der Waals surface area (Å²) >= 11 is 0. The van der Waals surface area contributed by atoms with E-state index in [4.69, 9.17) is 28.8 Å².